The SMILES string of the molecule is Cc1ccc(S(=O)(=O)N(CC(=O)Nc2nnc(SC(C)C)s2)c2cccc(Br)c2)cc1. The van der Waals surface area contributed by atoms with Gasteiger partial charge in [0, 0.05) is 9.72 Å². The zero-order chi connectivity index (χ0) is 22.6. The molecule has 3 aromatic rings. The number of rotatable bonds is 8. The number of nitrogens with one attached hydrogen (secondary N) is 1. The van der Waals surface area contributed by atoms with Crippen LogP contribution in [-0.2, 0) is 14.8 Å². The standard InChI is InChI=1S/C20H21BrN4O3S3/c1-13(2)29-20-24-23-19(30-20)22-18(26)12-25(16-6-4-5-15(21)11-16)31(27,28)17-9-7-14(3)8-10-17/h4-11,13H,12H2,1-3H3,(H,22,23,26). The van der Waals surface area contributed by atoms with Crippen LogP contribution in [0.1, 0.15) is 19.4 Å². The number of anilines is 2. The quantitative estimate of drug-likeness (QED) is 0.321. The number of amides is 1. The van der Waals surface area contributed by atoms with Gasteiger partial charge in [-0.05, 0) is 37.3 Å². The molecule has 1 N–H and O–H groups in total. The van der Waals surface area contributed by atoms with Gasteiger partial charge in [-0.15, -0.1) is 10.2 Å². The highest BCUT2D eigenvalue weighted by molar-refractivity contribution is 9.10. The summed E-state index contributed by atoms with van der Waals surface area (Å²) in [5.74, 6) is -0.507. The van der Waals surface area contributed by atoms with E-state index in [0.717, 1.165) is 14.2 Å². The Morgan fingerprint density at radius 1 is 1.19 bits per heavy atom. The second-order valence-corrected chi connectivity index (χ2v) is 12.5. The topological polar surface area (TPSA) is 92.3 Å². The van der Waals surface area contributed by atoms with E-state index in [1.165, 1.54) is 23.5 Å². The first-order chi connectivity index (χ1) is 14.6. The van der Waals surface area contributed by atoms with Crippen LogP contribution in [0.2, 0.25) is 0 Å². The molecule has 0 saturated carbocycles. The number of hydrogen-bond donors (Lipinski definition) is 1. The summed E-state index contributed by atoms with van der Waals surface area (Å²) in [5, 5.41) is 11.3. The second kappa shape index (κ2) is 10.1. The average molecular weight is 542 g/mol. The number of nitrogens with zero attached hydrogens (tertiary/aromatic N) is 3. The van der Waals surface area contributed by atoms with Crippen LogP contribution in [0.4, 0.5) is 10.8 Å². The number of carbonyl (C=O) groups is 1. The molecule has 0 aliphatic rings. The molecule has 31 heavy (non-hydrogen) atoms. The normalized spacial score (nSPS) is 11.5. The largest absolute Gasteiger partial charge is 0.299 e. The third-order valence-electron chi connectivity index (χ3n) is 3.98. The van der Waals surface area contributed by atoms with Gasteiger partial charge in [-0.3, -0.25) is 14.4 Å². The fourth-order valence-corrected chi connectivity index (χ4v) is 6.37. The highest BCUT2D eigenvalue weighted by atomic mass is 79.9. The monoisotopic (exact) mass is 540 g/mol. The molecule has 0 aliphatic carbocycles. The molecule has 0 saturated heterocycles. The average Bonchev–Trinajstić information content (AvgIpc) is 3.12. The molecule has 3 rings (SSSR count). The van der Waals surface area contributed by atoms with Crippen molar-refractivity contribution in [2.24, 2.45) is 0 Å². The molecule has 164 valence electrons. The summed E-state index contributed by atoms with van der Waals surface area (Å²) in [7, 11) is -3.97. The third-order valence-corrected chi connectivity index (χ3v) is 8.19. The molecule has 1 heterocycles. The summed E-state index contributed by atoms with van der Waals surface area (Å²) in [6, 6.07) is 13.3. The minimum Gasteiger partial charge on any atom is -0.299 e. The molecule has 1 amide bonds. The van der Waals surface area contributed by atoms with Gasteiger partial charge in [-0.1, -0.05) is 76.6 Å². The molecule has 0 bridgehead atoms. The Kier molecular flexibility index (Phi) is 7.73. The van der Waals surface area contributed by atoms with Gasteiger partial charge in [-0.2, -0.15) is 0 Å². The minimum absolute atomic E-state index is 0.109. The molecule has 1 aromatic heterocycles. The van der Waals surface area contributed by atoms with Gasteiger partial charge in [0.1, 0.15) is 6.54 Å². The van der Waals surface area contributed by atoms with Gasteiger partial charge in [0.05, 0.1) is 10.6 Å². The third kappa shape index (κ3) is 6.28. The predicted molar refractivity (Wildman–Crippen MR) is 129 cm³/mol. The first-order valence-electron chi connectivity index (χ1n) is 9.30. The van der Waals surface area contributed by atoms with Crippen LogP contribution < -0.4 is 9.62 Å². The molecule has 0 unspecified atom stereocenters. The van der Waals surface area contributed by atoms with Crippen molar-refractivity contribution in [3.8, 4) is 0 Å². The zero-order valence-electron chi connectivity index (χ0n) is 17.1. The lowest BCUT2D eigenvalue weighted by molar-refractivity contribution is -0.114. The van der Waals surface area contributed by atoms with Crippen molar-refractivity contribution in [2.75, 3.05) is 16.2 Å². The van der Waals surface area contributed by atoms with Crippen LogP contribution in [0.15, 0.2) is 62.2 Å². The van der Waals surface area contributed by atoms with Crippen molar-refractivity contribution in [1.29, 1.82) is 0 Å². The molecule has 7 nitrogen and oxygen atoms in total. The summed E-state index contributed by atoms with van der Waals surface area (Å²) < 4.78 is 29.3. The molecule has 2 aromatic carbocycles. The number of aryl methyl sites for hydroxylation is 1. The molecule has 0 radical (unpaired) electrons. The van der Waals surface area contributed by atoms with E-state index in [4.69, 9.17) is 0 Å². The predicted octanol–water partition coefficient (Wildman–Crippen LogP) is 4.94. The number of thioether (sulfide) groups is 1. The fraction of sp³-hybridized carbons (Fsp3) is 0.250. The number of sulfonamides is 1. The minimum atomic E-state index is -3.97. The summed E-state index contributed by atoms with van der Waals surface area (Å²) in [4.78, 5) is 12.9. The van der Waals surface area contributed by atoms with E-state index >= 15 is 0 Å². The molecule has 11 heteroatoms. The smallest absolute Gasteiger partial charge is 0.264 e. The van der Waals surface area contributed by atoms with E-state index < -0.39 is 22.5 Å². The Morgan fingerprint density at radius 3 is 2.55 bits per heavy atom. The van der Waals surface area contributed by atoms with Crippen molar-refractivity contribution < 1.29 is 13.2 Å². The summed E-state index contributed by atoms with van der Waals surface area (Å²) in [5.41, 5.74) is 1.32. The van der Waals surface area contributed by atoms with E-state index in [9.17, 15) is 13.2 Å². The fourth-order valence-electron chi connectivity index (χ4n) is 2.58. The van der Waals surface area contributed by atoms with E-state index in [2.05, 4.69) is 31.4 Å². The van der Waals surface area contributed by atoms with E-state index in [-0.39, 0.29) is 4.90 Å². The molecular weight excluding hydrogens is 520 g/mol. The molecule has 0 atom stereocenters. The van der Waals surface area contributed by atoms with Gasteiger partial charge in [0.2, 0.25) is 11.0 Å². The Bertz CT molecular complexity index is 1160. The Labute approximate surface area is 198 Å². The van der Waals surface area contributed by atoms with Crippen LogP contribution in [0.25, 0.3) is 0 Å². The van der Waals surface area contributed by atoms with E-state index in [0.29, 0.717) is 20.5 Å². The molecule has 0 fully saturated rings. The number of hydrogen-bond acceptors (Lipinski definition) is 7. The highest BCUT2D eigenvalue weighted by Crippen LogP contribution is 2.29. The lowest BCUT2D eigenvalue weighted by Gasteiger charge is -2.24. The Balaban J connectivity index is 1.87. The maximum atomic E-state index is 13.4. The van der Waals surface area contributed by atoms with Crippen LogP contribution in [0.5, 0.6) is 0 Å². The van der Waals surface area contributed by atoms with Crippen LogP contribution >= 0.6 is 39.0 Å². The first-order valence-corrected chi connectivity index (χ1v) is 13.2. The Hall–Kier alpha value is -1.95. The van der Waals surface area contributed by atoms with Crippen LogP contribution in [0, 0.1) is 6.92 Å². The lowest BCUT2D eigenvalue weighted by Crippen LogP contribution is -2.38. The Morgan fingerprint density at radius 2 is 1.90 bits per heavy atom. The van der Waals surface area contributed by atoms with Gasteiger partial charge >= 0.3 is 0 Å². The van der Waals surface area contributed by atoms with Gasteiger partial charge in [0.25, 0.3) is 10.0 Å². The lowest BCUT2D eigenvalue weighted by atomic mass is 10.2. The van der Waals surface area contributed by atoms with Gasteiger partial charge in [0.15, 0.2) is 4.34 Å². The summed E-state index contributed by atoms with van der Waals surface area (Å²) in [6.07, 6.45) is 0. The summed E-state index contributed by atoms with van der Waals surface area (Å²) in [6.45, 7) is 5.55. The van der Waals surface area contributed by atoms with E-state index in [1.54, 1.807) is 48.2 Å². The number of carbonyl (C=O) groups excluding carboxylic acids is 1. The maximum absolute atomic E-state index is 13.4. The van der Waals surface area contributed by atoms with Crippen molar-refractivity contribution in [3.63, 3.8) is 0 Å². The first kappa shape index (κ1) is 23.7. The number of aromatic nitrogens is 2. The zero-order valence-corrected chi connectivity index (χ0v) is 21.1. The van der Waals surface area contributed by atoms with Crippen LogP contribution in [-0.4, -0.2) is 36.3 Å². The maximum Gasteiger partial charge on any atom is 0.264 e. The number of benzene rings is 2. The number of halogens is 1. The molecule has 0 spiro atoms. The van der Waals surface area contributed by atoms with Crippen molar-refractivity contribution in [2.45, 2.75) is 35.3 Å². The van der Waals surface area contributed by atoms with Crippen molar-refractivity contribution in [3.05, 3.63) is 58.6 Å². The van der Waals surface area contributed by atoms with Gasteiger partial charge < -0.3 is 0 Å². The van der Waals surface area contributed by atoms with E-state index in [1.807, 2.05) is 20.8 Å². The van der Waals surface area contributed by atoms with Gasteiger partial charge in [-0.25, -0.2) is 8.42 Å². The van der Waals surface area contributed by atoms with Crippen LogP contribution in [0.3, 0.4) is 0 Å². The highest BCUT2D eigenvalue weighted by Gasteiger charge is 2.27. The molecular formula is C20H21BrN4O3S3. The summed E-state index contributed by atoms with van der Waals surface area (Å²) >= 11 is 6.16. The molecule has 0 aliphatic heterocycles. The second-order valence-electron chi connectivity index (χ2n) is 6.89. The van der Waals surface area contributed by atoms with Crippen molar-refractivity contribution >= 4 is 65.8 Å². The van der Waals surface area contributed by atoms with Crippen molar-refractivity contribution in [1.82, 2.24) is 10.2 Å².